The topological polar surface area (TPSA) is 54.1 Å². The molecule has 185 valence electrons. The van der Waals surface area contributed by atoms with Crippen molar-refractivity contribution in [3.63, 3.8) is 0 Å². The first-order chi connectivity index (χ1) is 18.7. The number of nitrogens with one attached hydrogen (secondary N) is 2. The van der Waals surface area contributed by atoms with Crippen LogP contribution in [0.15, 0.2) is 109 Å². The van der Waals surface area contributed by atoms with Gasteiger partial charge in [0, 0.05) is 45.0 Å². The summed E-state index contributed by atoms with van der Waals surface area (Å²) in [6.45, 7) is 0.494. The lowest BCUT2D eigenvalue weighted by Crippen LogP contribution is -2.06. The summed E-state index contributed by atoms with van der Waals surface area (Å²) in [5.41, 5.74) is 5.69. The van der Waals surface area contributed by atoms with Gasteiger partial charge in [0.05, 0.1) is 18.4 Å². The van der Waals surface area contributed by atoms with Crippen molar-refractivity contribution in [1.82, 2.24) is 4.98 Å². The minimum atomic E-state index is -0.377. The Morgan fingerprint density at radius 3 is 2.47 bits per heavy atom. The van der Waals surface area contributed by atoms with Crippen LogP contribution in [0.2, 0.25) is 0 Å². The van der Waals surface area contributed by atoms with Gasteiger partial charge >= 0.3 is 0 Å². The molecule has 0 unspecified atom stereocenters. The first kappa shape index (κ1) is 23.5. The van der Waals surface area contributed by atoms with E-state index >= 15 is 0 Å². The van der Waals surface area contributed by atoms with Gasteiger partial charge in [-0.3, -0.25) is 4.79 Å². The highest BCUT2D eigenvalue weighted by molar-refractivity contribution is 6.12. The summed E-state index contributed by atoms with van der Waals surface area (Å²) in [4.78, 5) is 16.6. The van der Waals surface area contributed by atoms with E-state index in [4.69, 9.17) is 4.74 Å². The molecular weight excluding hydrogens is 475 g/mol. The molecule has 1 aromatic heterocycles. The largest absolute Gasteiger partial charge is 0.493 e. The highest BCUT2D eigenvalue weighted by Crippen LogP contribution is 2.29. The lowest BCUT2D eigenvalue weighted by Gasteiger charge is -2.13. The molecule has 0 atom stereocenters. The molecule has 0 amide bonds. The third-order valence-corrected chi connectivity index (χ3v) is 6.57. The van der Waals surface area contributed by atoms with E-state index < -0.39 is 0 Å². The van der Waals surface area contributed by atoms with Gasteiger partial charge in [-0.05, 0) is 60.2 Å². The van der Waals surface area contributed by atoms with Crippen molar-refractivity contribution in [1.29, 1.82) is 0 Å². The van der Waals surface area contributed by atoms with Gasteiger partial charge in [-0.15, -0.1) is 0 Å². The minimum absolute atomic E-state index is 0.188. The molecular formula is C33H24FN2O2. The number of hydrogen-bond acceptors (Lipinski definition) is 3. The van der Waals surface area contributed by atoms with E-state index in [0.29, 0.717) is 34.9 Å². The first-order valence-corrected chi connectivity index (χ1v) is 12.5. The van der Waals surface area contributed by atoms with Gasteiger partial charge in [-0.25, -0.2) is 4.39 Å². The van der Waals surface area contributed by atoms with Crippen LogP contribution in [-0.4, -0.2) is 17.4 Å². The molecule has 5 aromatic carbocycles. The zero-order valence-electron chi connectivity index (χ0n) is 20.5. The molecule has 6 aromatic rings. The van der Waals surface area contributed by atoms with E-state index in [2.05, 4.69) is 52.8 Å². The number of halogens is 1. The number of fused-ring (bicyclic) bond motifs is 3. The second-order valence-corrected chi connectivity index (χ2v) is 9.04. The zero-order valence-corrected chi connectivity index (χ0v) is 20.5. The van der Waals surface area contributed by atoms with Gasteiger partial charge in [0.15, 0.2) is 5.78 Å². The van der Waals surface area contributed by atoms with E-state index in [1.54, 1.807) is 12.1 Å². The van der Waals surface area contributed by atoms with Crippen molar-refractivity contribution in [2.75, 3.05) is 11.9 Å². The average molecular weight is 500 g/mol. The molecule has 0 fully saturated rings. The van der Waals surface area contributed by atoms with Crippen LogP contribution in [0.4, 0.5) is 15.8 Å². The van der Waals surface area contributed by atoms with Gasteiger partial charge in [0.25, 0.3) is 0 Å². The Hall–Kier alpha value is -4.90. The molecule has 4 nitrogen and oxygen atoms in total. The number of aromatic nitrogens is 1. The van der Waals surface area contributed by atoms with Gasteiger partial charge in [-0.1, -0.05) is 54.6 Å². The van der Waals surface area contributed by atoms with Crippen molar-refractivity contribution in [3.8, 4) is 5.75 Å². The molecule has 0 aliphatic heterocycles. The number of anilines is 2. The van der Waals surface area contributed by atoms with Gasteiger partial charge in [0.2, 0.25) is 0 Å². The fraction of sp³-hybridized carbons (Fsp3) is 0.0606. The summed E-state index contributed by atoms with van der Waals surface area (Å²) < 4.78 is 19.4. The predicted molar refractivity (Wildman–Crippen MR) is 150 cm³/mol. The third-order valence-electron chi connectivity index (χ3n) is 6.57. The Kier molecular flexibility index (Phi) is 6.32. The number of H-pyrrole nitrogens is 1. The molecule has 0 saturated heterocycles. The van der Waals surface area contributed by atoms with Crippen LogP contribution in [0, 0.1) is 11.9 Å². The Labute approximate surface area is 219 Å². The van der Waals surface area contributed by atoms with E-state index in [1.807, 2.05) is 36.4 Å². The van der Waals surface area contributed by atoms with Crippen LogP contribution in [0.5, 0.6) is 5.75 Å². The highest BCUT2D eigenvalue weighted by Gasteiger charge is 2.14. The van der Waals surface area contributed by atoms with Gasteiger partial charge < -0.3 is 15.0 Å². The monoisotopic (exact) mass is 499 g/mol. The molecule has 0 bridgehead atoms. The Balaban J connectivity index is 1.16. The van der Waals surface area contributed by atoms with E-state index in [0.717, 1.165) is 17.5 Å². The predicted octanol–water partition coefficient (Wildman–Crippen LogP) is 7.86. The second kappa shape index (κ2) is 10.2. The molecule has 0 spiro atoms. The quantitative estimate of drug-likeness (QED) is 0.210. The minimum Gasteiger partial charge on any atom is -0.493 e. The fourth-order valence-corrected chi connectivity index (χ4v) is 4.71. The summed E-state index contributed by atoms with van der Waals surface area (Å²) in [6, 6.07) is 36.3. The van der Waals surface area contributed by atoms with E-state index in [9.17, 15) is 9.18 Å². The smallest absolute Gasteiger partial charge is 0.195 e. The lowest BCUT2D eigenvalue weighted by molar-refractivity contribution is 0.103. The number of ether oxygens (including phenoxy) is 1. The molecule has 1 radical (unpaired) electrons. The van der Waals surface area contributed by atoms with Crippen LogP contribution in [0.25, 0.3) is 21.8 Å². The maximum Gasteiger partial charge on any atom is 0.195 e. The van der Waals surface area contributed by atoms with Crippen LogP contribution in [-0.2, 0) is 6.42 Å². The van der Waals surface area contributed by atoms with Gasteiger partial charge in [0.1, 0.15) is 11.6 Å². The number of hydrogen-bond donors (Lipinski definition) is 2. The van der Waals surface area contributed by atoms with E-state index in [-0.39, 0.29) is 11.6 Å². The van der Waals surface area contributed by atoms with Crippen LogP contribution < -0.4 is 10.1 Å². The number of carbonyl (C=O) groups excluding carboxylic acids is 1. The molecule has 1 heterocycles. The van der Waals surface area contributed by atoms with Crippen molar-refractivity contribution < 1.29 is 13.9 Å². The summed E-state index contributed by atoms with van der Waals surface area (Å²) in [6.07, 6.45) is 0.741. The molecule has 38 heavy (non-hydrogen) atoms. The van der Waals surface area contributed by atoms with Crippen LogP contribution in [0.3, 0.4) is 0 Å². The number of carbonyl (C=O) groups is 1. The molecule has 2 N–H and O–H groups in total. The molecule has 0 aliphatic carbocycles. The Morgan fingerprint density at radius 2 is 1.58 bits per heavy atom. The Morgan fingerprint density at radius 1 is 0.816 bits per heavy atom. The molecule has 6 rings (SSSR count). The maximum atomic E-state index is 13.3. The highest BCUT2D eigenvalue weighted by atomic mass is 19.1. The van der Waals surface area contributed by atoms with Crippen LogP contribution in [0.1, 0.15) is 21.5 Å². The second-order valence-electron chi connectivity index (χ2n) is 9.04. The molecule has 5 heteroatoms. The van der Waals surface area contributed by atoms with Crippen molar-refractivity contribution >= 4 is 39.0 Å². The summed E-state index contributed by atoms with van der Waals surface area (Å²) in [5.74, 6) is 0.0465. The number of para-hydroxylation sites is 3. The standard InChI is InChI=1S/C33H24FN2O2/c34-24-17-15-23(16-18-24)33(37)29-11-2-4-14-31(29)35-25-8-6-9-26(21-25)38-20-19-22-7-5-12-28-27-10-1-3-13-30(27)36-32(22)28/h1-18,35-36H,19-20H2. The van der Waals surface area contributed by atoms with Crippen molar-refractivity contribution in [3.05, 3.63) is 138 Å². The van der Waals surface area contributed by atoms with Crippen LogP contribution >= 0.6 is 0 Å². The van der Waals surface area contributed by atoms with E-state index in [1.165, 1.54) is 40.6 Å². The molecule has 0 aliphatic rings. The first-order valence-electron chi connectivity index (χ1n) is 12.5. The normalized spacial score (nSPS) is 11.1. The zero-order chi connectivity index (χ0) is 25.9. The number of aromatic amines is 1. The fourth-order valence-electron chi connectivity index (χ4n) is 4.71. The van der Waals surface area contributed by atoms with Crippen molar-refractivity contribution in [2.45, 2.75) is 6.42 Å². The summed E-state index contributed by atoms with van der Waals surface area (Å²) in [5, 5.41) is 5.72. The average Bonchev–Trinajstić information content (AvgIpc) is 3.33. The summed E-state index contributed by atoms with van der Waals surface area (Å²) >= 11 is 0. The number of rotatable bonds is 8. The van der Waals surface area contributed by atoms with Crippen molar-refractivity contribution in [2.24, 2.45) is 0 Å². The summed E-state index contributed by atoms with van der Waals surface area (Å²) in [7, 11) is 0. The lowest BCUT2D eigenvalue weighted by atomic mass is 10.0. The Bertz CT molecular complexity index is 1760. The van der Waals surface area contributed by atoms with Gasteiger partial charge in [-0.2, -0.15) is 0 Å². The SMILES string of the molecule is O=C(c1ccc(F)cc1)c1ccccc1Nc1[c]c(OCCc2cccc3c2[nH]c2ccccc23)ccc1. The third kappa shape index (κ3) is 4.74. The molecule has 0 saturated carbocycles. The number of benzene rings is 5. The number of ketones is 1. The maximum absolute atomic E-state index is 13.3.